The Kier molecular flexibility index (Phi) is 2.95. The van der Waals surface area contributed by atoms with E-state index in [4.69, 9.17) is 5.11 Å². The topological polar surface area (TPSA) is 87.8 Å². The first-order chi connectivity index (χ1) is 8.06. The summed E-state index contributed by atoms with van der Waals surface area (Å²) < 4.78 is 4.59. The lowest BCUT2D eigenvalue weighted by Gasteiger charge is -2.38. The summed E-state index contributed by atoms with van der Waals surface area (Å²) >= 11 is 0. The molecule has 0 unspecified atom stereocenters. The van der Waals surface area contributed by atoms with Crippen LogP contribution in [-0.4, -0.2) is 35.0 Å². The third kappa shape index (κ3) is 2.52. The summed E-state index contributed by atoms with van der Waals surface area (Å²) in [5.74, 6) is -1.07. The Bertz CT molecular complexity index is 480. The van der Waals surface area contributed by atoms with Crippen LogP contribution in [0.3, 0.4) is 0 Å². The first kappa shape index (κ1) is 11.4. The highest BCUT2D eigenvalue weighted by atomic mass is 16.4. The number of hydrogen-bond donors (Lipinski definition) is 1. The molecule has 2 rings (SSSR count). The van der Waals surface area contributed by atoms with Crippen LogP contribution < -0.4 is 5.63 Å². The summed E-state index contributed by atoms with van der Waals surface area (Å²) in [5.41, 5.74) is -0.202. The van der Waals surface area contributed by atoms with Crippen molar-refractivity contribution in [1.82, 2.24) is 4.90 Å². The number of nitrogens with zero attached hydrogens (tertiary/aromatic N) is 1. The normalized spacial score (nSPS) is 15.4. The molecule has 0 aromatic carbocycles. The highest BCUT2D eigenvalue weighted by molar-refractivity contribution is 5.94. The van der Waals surface area contributed by atoms with Gasteiger partial charge in [0.05, 0.1) is 12.0 Å². The van der Waals surface area contributed by atoms with E-state index in [9.17, 15) is 14.4 Å². The average Bonchev–Trinajstić information content (AvgIpc) is 2.23. The Balaban J connectivity index is 1.93. The van der Waals surface area contributed by atoms with Gasteiger partial charge in [-0.3, -0.25) is 9.59 Å². The fourth-order valence-corrected chi connectivity index (χ4v) is 1.77. The Labute approximate surface area is 96.5 Å². The van der Waals surface area contributed by atoms with Gasteiger partial charge in [0.25, 0.3) is 5.91 Å². The molecule has 6 heteroatoms. The fourth-order valence-electron chi connectivity index (χ4n) is 1.77. The molecule has 0 bridgehead atoms. The third-order valence-electron chi connectivity index (χ3n) is 2.66. The minimum atomic E-state index is -0.854. The summed E-state index contributed by atoms with van der Waals surface area (Å²) in [6.45, 7) is 0.870. The molecule has 1 saturated heterocycles. The van der Waals surface area contributed by atoms with Crippen molar-refractivity contribution in [1.29, 1.82) is 0 Å². The highest BCUT2D eigenvalue weighted by Gasteiger charge is 2.32. The number of hydrogen-bond acceptors (Lipinski definition) is 4. The molecule has 2 heterocycles. The monoisotopic (exact) mass is 237 g/mol. The van der Waals surface area contributed by atoms with Gasteiger partial charge in [0.1, 0.15) is 6.26 Å². The second kappa shape index (κ2) is 4.40. The van der Waals surface area contributed by atoms with Crippen molar-refractivity contribution in [2.24, 2.45) is 5.92 Å². The van der Waals surface area contributed by atoms with Gasteiger partial charge in [-0.25, -0.2) is 4.79 Å². The molecule has 1 aromatic rings. The SMILES string of the molecule is O=C(O)CC1CN(C(=O)c2ccc(=O)oc2)C1. The molecule has 1 amide bonds. The van der Waals surface area contributed by atoms with Crippen molar-refractivity contribution in [3.63, 3.8) is 0 Å². The number of amides is 1. The van der Waals surface area contributed by atoms with Crippen LogP contribution in [0.1, 0.15) is 16.8 Å². The van der Waals surface area contributed by atoms with Crippen LogP contribution in [0.2, 0.25) is 0 Å². The van der Waals surface area contributed by atoms with Crippen LogP contribution in [0, 0.1) is 5.92 Å². The van der Waals surface area contributed by atoms with Crippen molar-refractivity contribution in [3.05, 3.63) is 34.4 Å². The highest BCUT2D eigenvalue weighted by Crippen LogP contribution is 2.21. The number of rotatable bonds is 3. The van der Waals surface area contributed by atoms with Gasteiger partial charge < -0.3 is 14.4 Å². The smallest absolute Gasteiger partial charge is 0.335 e. The minimum absolute atomic E-state index is 0.0205. The van der Waals surface area contributed by atoms with Gasteiger partial charge in [0, 0.05) is 25.1 Å². The summed E-state index contributed by atoms with van der Waals surface area (Å²) in [4.78, 5) is 34.5. The number of carbonyl (C=O) groups is 2. The molecule has 1 aliphatic rings. The molecule has 90 valence electrons. The predicted octanol–water partition coefficient (Wildman–Crippen LogP) is 0.187. The van der Waals surface area contributed by atoms with Crippen molar-refractivity contribution < 1.29 is 19.1 Å². The minimum Gasteiger partial charge on any atom is -0.481 e. The standard InChI is InChI=1S/C11H11NO5/c13-9(14)3-7-4-12(5-7)11(16)8-1-2-10(15)17-6-8/h1-2,6-7H,3-5H2,(H,13,14). The van der Waals surface area contributed by atoms with Crippen molar-refractivity contribution in [2.75, 3.05) is 13.1 Å². The van der Waals surface area contributed by atoms with Gasteiger partial charge in [-0.05, 0) is 6.07 Å². The van der Waals surface area contributed by atoms with Gasteiger partial charge >= 0.3 is 11.6 Å². The molecule has 0 aliphatic carbocycles. The Morgan fingerprint density at radius 3 is 2.65 bits per heavy atom. The van der Waals surface area contributed by atoms with Crippen LogP contribution in [0.5, 0.6) is 0 Å². The zero-order valence-electron chi connectivity index (χ0n) is 8.96. The summed E-state index contributed by atoms with van der Waals surface area (Å²) in [5, 5.41) is 8.57. The third-order valence-corrected chi connectivity index (χ3v) is 2.66. The molecule has 1 N–H and O–H groups in total. The first-order valence-corrected chi connectivity index (χ1v) is 5.16. The van der Waals surface area contributed by atoms with Gasteiger partial charge in [0.15, 0.2) is 0 Å². The number of carboxylic acids is 1. The van der Waals surface area contributed by atoms with Crippen molar-refractivity contribution in [2.45, 2.75) is 6.42 Å². The molecule has 0 atom stereocenters. The summed E-state index contributed by atoms with van der Waals surface area (Å²) in [7, 11) is 0. The van der Waals surface area contributed by atoms with Gasteiger partial charge in [-0.1, -0.05) is 0 Å². The molecule has 1 aromatic heterocycles. The lowest BCUT2D eigenvalue weighted by molar-refractivity contribution is -0.139. The van der Waals surface area contributed by atoms with E-state index in [1.807, 2.05) is 0 Å². The molecule has 6 nitrogen and oxygen atoms in total. The molecule has 0 radical (unpaired) electrons. The number of aliphatic carboxylic acids is 1. The van der Waals surface area contributed by atoms with Crippen LogP contribution >= 0.6 is 0 Å². The quantitative estimate of drug-likeness (QED) is 0.810. The maximum Gasteiger partial charge on any atom is 0.335 e. The number of carbonyl (C=O) groups excluding carboxylic acids is 1. The number of carboxylic acid groups (broad SMARTS) is 1. The second-order valence-corrected chi connectivity index (χ2v) is 4.02. The van der Waals surface area contributed by atoms with Crippen LogP contribution in [0.15, 0.2) is 27.6 Å². The molecule has 1 fully saturated rings. The van der Waals surface area contributed by atoms with E-state index in [-0.39, 0.29) is 18.2 Å². The lowest BCUT2D eigenvalue weighted by Crippen LogP contribution is -2.50. The fraction of sp³-hybridized carbons (Fsp3) is 0.364. The van der Waals surface area contributed by atoms with Crippen LogP contribution in [-0.2, 0) is 4.79 Å². The Hall–Kier alpha value is -2.11. The maximum atomic E-state index is 11.8. The average molecular weight is 237 g/mol. The molecule has 1 aliphatic heterocycles. The number of likely N-dealkylation sites (tertiary alicyclic amines) is 1. The van der Waals surface area contributed by atoms with Crippen LogP contribution in [0.4, 0.5) is 0 Å². The van der Waals surface area contributed by atoms with Crippen molar-refractivity contribution in [3.8, 4) is 0 Å². The summed E-state index contributed by atoms with van der Waals surface area (Å²) in [6.07, 6.45) is 1.20. The van der Waals surface area contributed by atoms with Gasteiger partial charge in [-0.15, -0.1) is 0 Å². The van der Waals surface area contributed by atoms with Gasteiger partial charge in [0.2, 0.25) is 0 Å². The Morgan fingerprint density at radius 1 is 1.41 bits per heavy atom. The molecule has 17 heavy (non-hydrogen) atoms. The summed E-state index contributed by atoms with van der Waals surface area (Å²) in [6, 6.07) is 2.58. The van der Waals surface area contributed by atoms with E-state index >= 15 is 0 Å². The molecular formula is C11H11NO5. The van der Waals surface area contributed by atoms with E-state index in [2.05, 4.69) is 4.42 Å². The predicted molar refractivity (Wildman–Crippen MR) is 56.6 cm³/mol. The van der Waals surface area contributed by atoms with Crippen molar-refractivity contribution >= 4 is 11.9 Å². The largest absolute Gasteiger partial charge is 0.481 e. The van der Waals surface area contributed by atoms with E-state index in [1.54, 1.807) is 0 Å². The van der Waals surface area contributed by atoms with E-state index in [0.29, 0.717) is 18.7 Å². The Morgan fingerprint density at radius 2 is 2.12 bits per heavy atom. The molecule has 0 spiro atoms. The zero-order chi connectivity index (χ0) is 12.4. The van der Waals surface area contributed by atoms with Gasteiger partial charge in [-0.2, -0.15) is 0 Å². The maximum absolute atomic E-state index is 11.8. The lowest BCUT2D eigenvalue weighted by atomic mass is 9.96. The first-order valence-electron chi connectivity index (χ1n) is 5.16. The molecular weight excluding hydrogens is 226 g/mol. The molecule has 0 saturated carbocycles. The second-order valence-electron chi connectivity index (χ2n) is 4.02. The van der Waals surface area contributed by atoms with E-state index in [0.717, 1.165) is 6.26 Å². The van der Waals surface area contributed by atoms with E-state index in [1.165, 1.54) is 17.0 Å². The van der Waals surface area contributed by atoms with E-state index < -0.39 is 11.6 Å². The van der Waals surface area contributed by atoms with Crippen LogP contribution in [0.25, 0.3) is 0 Å². The zero-order valence-corrected chi connectivity index (χ0v) is 8.96.